The molecule has 4 nitrogen and oxygen atoms in total. The highest BCUT2D eigenvalue weighted by atomic mass is 16.6. The number of rotatable bonds is 5. The van der Waals surface area contributed by atoms with Crippen molar-refractivity contribution in [3.63, 3.8) is 0 Å². The average Bonchev–Trinajstić information content (AvgIpc) is 2.48. The van der Waals surface area contributed by atoms with Gasteiger partial charge in [-0.25, -0.2) is 4.99 Å². The Bertz CT molecular complexity index is 585. The molecule has 0 radical (unpaired) electrons. The molecule has 2 rings (SSSR count). The van der Waals surface area contributed by atoms with Crippen molar-refractivity contribution in [2.45, 2.75) is 6.92 Å². The highest BCUT2D eigenvalue weighted by molar-refractivity contribution is 5.80. The summed E-state index contributed by atoms with van der Waals surface area (Å²) >= 11 is 0. The molecule has 4 heteroatoms. The molecule has 0 fully saturated rings. The van der Waals surface area contributed by atoms with E-state index >= 15 is 0 Å². The molecule has 2 aromatic carbocycles. The monoisotopic (exact) mass is 267 g/mol. The van der Waals surface area contributed by atoms with Crippen LogP contribution in [0.5, 0.6) is 0 Å². The zero-order valence-electron chi connectivity index (χ0n) is 11.4. The number of benzene rings is 2. The van der Waals surface area contributed by atoms with Crippen LogP contribution in [0.1, 0.15) is 12.5 Å². The number of hydrogen-bond donors (Lipinski definition) is 1. The molecule has 0 aliphatic rings. The van der Waals surface area contributed by atoms with Gasteiger partial charge >= 0.3 is 0 Å². The fraction of sp³-hybridized carbons (Fsp3) is 0.125. The van der Waals surface area contributed by atoms with Crippen LogP contribution in [0.4, 0.5) is 0 Å². The lowest BCUT2D eigenvalue weighted by atomic mass is 10.0. The lowest BCUT2D eigenvalue weighted by Gasteiger charge is -2.01. The second-order valence-corrected chi connectivity index (χ2v) is 4.28. The normalized spacial score (nSPS) is 11.8. The summed E-state index contributed by atoms with van der Waals surface area (Å²) in [6, 6.07) is 18.3. The first-order chi connectivity index (χ1) is 9.75. The van der Waals surface area contributed by atoms with Crippen molar-refractivity contribution in [3.8, 4) is 11.1 Å². The van der Waals surface area contributed by atoms with Crippen molar-refractivity contribution in [2.24, 2.45) is 15.9 Å². The van der Waals surface area contributed by atoms with Gasteiger partial charge in [0.1, 0.15) is 0 Å². The lowest BCUT2D eigenvalue weighted by Crippen LogP contribution is -2.06. The Morgan fingerprint density at radius 2 is 1.70 bits per heavy atom. The second-order valence-electron chi connectivity index (χ2n) is 4.28. The Kier molecular flexibility index (Phi) is 4.89. The van der Waals surface area contributed by atoms with Crippen LogP contribution in [-0.2, 0) is 4.84 Å². The molecule has 0 saturated heterocycles. The van der Waals surface area contributed by atoms with E-state index in [1.165, 1.54) is 11.1 Å². The quantitative estimate of drug-likeness (QED) is 0.392. The van der Waals surface area contributed by atoms with Crippen molar-refractivity contribution in [1.82, 2.24) is 0 Å². The van der Waals surface area contributed by atoms with Gasteiger partial charge in [-0.15, -0.1) is 0 Å². The number of nitrogens with two attached hydrogens (primary N) is 1. The van der Waals surface area contributed by atoms with Gasteiger partial charge in [0.25, 0.3) is 0 Å². The Morgan fingerprint density at radius 3 is 2.35 bits per heavy atom. The van der Waals surface area contributed by atoms with Gasteiger partial charge in [0.05, 0.1) is 12.1 Å². The first kappa shape index (κ1) is 13.8. The Morgan fingerprint density at radius 1 is 1.05 bits per heavy atom. The molecule has 2 aromatic rings. The third-order valence-electron chi connectivity index (χ3n) is 2.67. The number of aliphatic imine (C=N–C) groups is 1. The summed E-state index contributed by atoms with van der Waals surface area (Å²) in [6.07, 6.45) is 1.65. The fourth-order valence-electron chi connectivity index (χ4n) is 1.65. The van der Waals surface area contributed by atoms with Crippen molar-refractivity contribution in [3.05, 3.63) is 60.2 Å². The molecule has 0 saturated carbocycles. The maximum atomic E-state index is 5.38. The first-order valence-electron chi connectivity index (χ1n) is 6.33. The summed E-state index contributed by atoms with van der Waals surface area (Å²) < 4.78 is 0. The number of oxime groups is 1. The zero-order chi connectivity index (χ0) is 14.2. The van der Waals surface area contributed by atoms with E-state index in [0.717, 1.165) is 5.56 Å². The average molecular weight is 267 g/mol. The molecule has 0 heterocycles. The highest BCUT2D eigenvalue weighted by Gasteiger charge is 1.95. The highest BCUT2D eigenvalue weighted by Crippen LogP contribution is 2.18. The van der Waals surface area contributed by atoms with Crippen LogP contribution in [-0.4, -0.2) is 18.8 Å². The third-order valence-corrected chi connectivity index (χ3v) is 2.67. The van der Waals surface area contributed by atoms with Crippen LogP contribution in [0.25, 0.3) is 11.1 Å². The van der Waals surface area contributed by atoms with Gasteiger partial charge in [0.15, 0.2) is 0 Å². The van der Waals surface area contributed by atoms with E-state index in [9.17, 15) is 0 Å². The molecule has 2 N–H and O–H groups in total. The predicted octanol–water partition coefficient (Wildman–Crippen LogP) is 3.04. The smallest absolute Gasteiger partial charge is 0.208 e. The second kappa shape index (κ2) is 7.09. The molecule has 0 amide bonds. The molecular weight excluding hydrogens is 250 g/mol. The van der Waals surface area contributed by atoms with Crippen LogP contribution in [0.15, 0.2) is 64.7 Å². The van der Waals surface area contributed by atoms with Crippen LogP contribution in [0, 0.1) is 0 Å². The van der Waals surface area contributed by atoms with Crippen molar-refractivity contribution < 1.29 is 4.84 Å². The number of nitrogens with zero attached hydrogens (tertiary/aromatic N) is 2. The SMILES string of the molecule is CC(N)=NCO/N=C/c1ccc(-c2ccccc2)cc1. The Balaban J connectivity index is 1.95. The van der Waals surface area contributed by atoms with E-state index in [2.05, 4.69) is 34.4 Å². The standard InChI is InChI=1S/C16H17N3O/c1-13(17)18-12-20-19-11-14-7-9-16(10-8-14)15-5-3-2-4-6-15/h2-11H,12H2,1H3,(H2,17,18)/b19-11+. The van der Waals surface area contributed by atoms with Crippen LogP contribution in [0.3, 0.4) is 0 Å². The van der Waals surface area contributed by atoms with Crippen LogP contribution >= 0.6 is 0 Å². The molecule has 0 aliphatic heterocycles. The molecule has 0 spiro atoms. The van der Waals surface area contributed by atoms with Gasteiger partial charge in [-0.05, 0) is 23.6 Å². The molecule has 0 bridgehead atoms. The minimum atomic E-state index is 0.140. The summed E-state index contributed by atoms with van der Waals surface area (Å²) in [4.78, 5) is 8.83. The van der Waals surface area contributed by atoms with Gasteiger partial charge in [0, 0.05) is 0 Å². The van der Waals surface area contributed by atoms with Crippen LogP contribution in [0.2, 0.25) is 0 Å². The molecule has 0 unspecified atom stereocenters. The topological polar surface area (TPSA) is 60.0 Å². The number of amidine groups is 1. The molecule has 0 atom stereocenters. The molecule has 0 aliphatic carbocycles. The van der Waals surface area contributed by atoms with E-state index in [4.69, 9.17) is 10.6 Å². The Labute approximate surface area is 118 Å². The van der Waals surface area contributed by atoms with E-state index in [1.807, 2.05) is 30.3 Å². The summed E-state index contributed by atoms with van der Waals surface area (Å²) in [7, 11) is 0. The van der Waals surface area contributed by atoms with Crippen LogP contribution < -0.4 is 5.73 Å². The molecular formula is C16H17N3O. The van der Waals surface area contributed by atoms with E-state index in [1.54, 1.807) is 13.1 Å². The van der Waals surface area contributed by atoms with Crippen molar-refractivity contribution in [2.75, 3.05) is 6.73 Å². The first-order valence-corrected chi connectivity index (χ1v) is 6.33. The molecule has 20 heavy (non-hydrogen) atoms. The molecule has 0 aromatic heterocycles. The summed E-state index contributed by atoms with van der Waals surface area (Å²) in [6.45, 7) is 1.84. The van der Waals surface area contributed by atoms with Crippen molar-refractivity contribution >= 4 is 12.1 Å². The minimum Gasteiger partial charge on any atom is -0.388 e. The summed E-state index contributed by atoms with van der Waals surface area (Å²) in [5.41, 5.74) is 8.71. The Hall–Kier alpha value is -2.62. The maximum absolute atomic E-state index is 5.38. The summed E-state index contributed by atoms with van der Waals surface area (Å²) in [5.74, 6) is 0.479. The third kappa shape index (κ3) is 4.24. The van der Waals surface area contributed by atoms with Gasteiger partial charge in [0.2, 0.25) is 6.73 Å². The fourth-order valence-corrected chi connectivity index (χ4v) is 1.65. The minimum absolute atomic E-state index is 0.140. The lowest BCUT2D eigenvalue weighted by molar-refractivity contribution is 0.154. The van der Waals surface area contributed by atoms with E-state index in [0.29, 0.717) is 5.84 Å². The largest absolute Gasteiger partial charge is 0.388 e. The van der Waals surface area contributed by atoms with Gasteiger partial charge < -0.3 is 10.6 Å². The van der Waals surface area contributed by atoms with E-state index < -0.39 is 0 Å². The summed E-state index contributed by atoms with van der Waals surface area (Å²) in [5, 5.41) is 3.83. The van der Waals surface area contributed by atoms with Gasteiger partial charge in [-0.1, -0.05) is 59.8 Å². The van der Waals surface area contributed by atoms with Gasteiger partial charge in [-0.2, -0.15) is 0 Å². The predicted molar refractivity (Wildman–Crippen MR) is 82.7 cm³/mol. The zero-order valence-corrected chi connectivity index (χ0v) is 11.4. The maximum Gasteiger partial charge on any atom is 0.208 e. The van der Waals surface area contributed by atoms with E-state index in [-0.39, 0.29) is 6.73 Å². The van der Waals surface area contributed by atoms with Crippen molar-refractivity contribution in [1.29, 1.82) is 0 Å². The van der Waals surface area contributed by atoms with Gasteiger partial charge in [-0.3, -0.25) is 0 Å². The number of hydrogen-bond acceptors (Lipinski definition) is 3. The molecule has 102 valence electrons.